The van der Waals surface area contributed by atoms with E-state index in [1.165, 1.54) is 0 Å². The number of nitrogens with one attached hydrogen (secondary N) is 1. The first-order valence-corrected chi connectivity index (χ1v) is 6.48. The molecule has 0 saturated carbocycles. The Morgan fingerprint density at radius 2 is 2.00 bits per heavy atom. The van der Waals surface area contributed by atoms with Crippen molar-refractivity contribution in [3.05, 3.63) is 12.2 Å². The van der Waals surface area contributed by atoms with Crippen LogP contribution in [-0.4, -0.2) is 30.1 Å². The number of carbonyl (C=O) groups excluding carboxylic acids is 1. The highest BCUT2D eigenvalue weighted by Gasteiger charge is 2.36. The Balaban J connectivity index is 2.97. The van der Waals surface area contributed by atoms with E-state index < -0.39 is 0 Å². The predicted octanol–water partition coefficient (Wildman–Crippen LogP) is 3.03. The molecule has 0 bridgehead atoms. The van der Waals surface area contributed by atoms with Crippen molar-refractivity contribution in [2.75, 3.05) is 13.1 Å². The van der Waals surface area contributed by atoms with E-state index in [2.05, 4.69) is 46.5 Å². The molecule has 0 aliphatic carbocycles. The van der Waals surface area contributed by atoms with Gasteiger partial charge in [0, 0.05) is 13.1 Å². The van der Waals surface area contributed by atoms with Crippen molar-refractivity contribution in [2.45, 2.75) is 47.1 Å². The summed E-state index contributed by atoms with van der Waals surface area (Å²) in [4.78, 5) is 13.9. The second-order valence-electron chi connectivity index (χ2n) is 6.28. The Labute approximate surface area is 105 Å². The van der Waals surface area contributed by atoms with Gasteiger partial charge in [0.1, 0.15) is 0 Å². The van der Waals surface area contributed by atoms with E-state index >= 15 is 0 Å². The number of amides is 2. The summed E-state index contributed by atoms with van der Waals surface area (Å²) in [6.07, 6.45) is 1.02. The van der Waals surface area contributed by atoms with Gasteiger partial charge in [-0.15, -0.1) is 0 Å². The molecule has 0 aromatic heterocycles. The van der Waals surface area contributed by atoms with Gasteiger partial charge in [0.15, 0.2) is 0 Å². The second kappa shape index (κ2) is 5.11. The van der Waals surface area contributed by atoms with E-state index in [0.717, 1.165) is 25.1 Å². The Morgan fingerprint density at radius 1 is 1.41 bits per heavy atom. The maximum absolute atomic E-state index is 12.0. The molecule has 1 aliphatic heterocycles. The molecule has 1 aliphatic rings. The smallest absolute Gasteiger partial charge is 0.317 e. The largest absolute Gasteiger partial charge is 0.338 e. The molecule has 1 unspecified atom stereocenters. The molecule has 1 fully saturated rings. The zero-order chi connectivity index (χ0) is 13.2. The van der Waals surface area contributed by atoms with Gasteiger partial charge in [-0.1, -0.05) is 46.8 Å². The lowest BCUT2D eigenvalue weighted by atomic mass is 9.78. The summed E-state index contributed by atoms with van der Waals surface area (Å²) in [5.41, 5.74) is 1.17. The molecule has 0 radical (unpaired) electrons. The van der Waals surface area contributed by atoms with Crippen LogP contribution in [0.1, 0.15) is 41.0 Å². The Morgan fingerprint density at radius 3 is 2.41 bits per heavy atom. The highest BCUT2D eigenvalue weighted by atomic mass is 16.2. The SMILES string of the molecule is C=C(C(C)C)C(N1CCCNC1=O)C(C)(C)C. The fourth-order valence-electron chi connectivity index (χ4n) is 2.43. The maximum atomic E-state index is 12.0. The summed E-state index contributed by atoms with van der Waals surface area (Å²) in [7, 11) is 0. The summed E-state index contributed by atoms with van der Waals surface area (Å²) in [5.74, 6) is 0.397. The Bertz CT molecular complexity index is 302. The van der Waals surface area contributed by atoms with E-state index in [1.54, 1.807) is 0 Å². The fraction of sp³-hybridized carbons (Fsp3) is 0.786. The zero-order valence-corrected chi connectivity index (χ0v) is 11.8. The average molecular weight is 238 g/mol. The molecule has 0 spiro atoms. The van der Waals surface area contributed by atoms with E-state index in [9.17, 15) is 4.79 Å². The van der Waals surface area contributed by atoms with Crippen LogP contribution in [0.5, 0.6) is 0 Å². The molecule has 1 heterocycles. The molecule has 1 atom stereocenters. The van der Waals surface area contributed by atoms with Crippen molar-refractivity contribution in [2.24, 2.45) is 11.3 Å². The number of urea groups is 1. The maximum Gasteiger partial charge on any atom is 0.317 e. The molecule has 98 valence electrons. The Hall–Kier alpha value is -0.990. The molecule has 0 aromatic carbocycles. The first-order valence-electron chi connectivity index (χ1n) is 6.48. The van der Waals surface area contributed by atoms with Crippen molar-refractivity contribution in [3.8, 4) is 0 Å². The molecule has 1 rings (SSSR count). The van der Waals surface area contributed by atoms with E-state index in [0.29, 0.717) is 5.92 Å². The molecule has 1 N–H and O–H groups in total. The van der Waals surface area contributed by atoms with Crippen molar-refractivity contribution < 1.29 is 4.79 Å². The average Bonchev–Trinajstić information content (AvgIpc) is 2.19. The van der Waals surface area contributed by atoms with Gasteiger partial charge in [0.25, 0.3) is 0 Å². The third-order valence-corrected chi connectivity index (χ3v) is 3.34. The highest BCUT2D eigenvalue weighted by Crippen LogP contribution is 2.33. The topological polar surface area (TPSA) is 32.3 Å². The monoisotopic (exact) mass is 238 g/mol. The van der Waals surface area contributed by atoms with E-state index in [1.807, 2.05) is 4.90 Å². The minimum atomic E-state index is 0.0238. The number of rotatable bonds is 3. The van der Waals surface area contributed by atoms with Crippen molar-refractivity contribution in [1.82, 2.24) is 10.2 Å². The molecule has 0 aromatic rings. The molecule has 17 heavy (non-hydrogen) atoms. The molecule has 3 heteroatoms. The first kappa shape index (κ1) is 14.1. The standard InChI is InChI=1S/C14H26N2O/c1-10(2)11(3)12(14(4,5)6)16-9-7-8-15-13(16)17/h10,12H,3,7-9H2,1-2,4-6H3,(H,15,17). The van der Waals surface area contributed by atoms with Gasteiger partial charge >= 0.3 is 6.03 Å². The summed E-state index contributed by atoms with van der Waals surface area (Å²) in [6.45, 7) is 16.6. The van der Waals surface area contributed by atoms with Crippen LogP contribution in [-0.2, 0) is 0 Å². The van der Waals surface area contributed by atoms with Crippen molar-refractivity contribution in [3.63, 3.8) is 0 Å². The summed E-state index contributed by atoms with van der Waals surface area (Å²) < 4.78 is 0. The van der Waals surface area contributed by atoms with Crippen LogP contribution in [0.3, 0.4) is 0 Å². The van der Waals surface area contributed by atoms with Crippen LogP contribution >= 0.6 is 0 Å². The molecular weight excluding hydrogens is 212 g/mol. The summed E-state index contributed by atoms with van der Waals surface area (Å²) >= 11 is 0. The van der Waals surface area contributed by atoms with Gasteiger partial charge in [-0.2, -0.15) is 0 Å². The molecule has 3 nitrogen and oxygen atoms in total. The molecule has 1 saturated heterocycles. The predicted molar refractivity (Wildman–Crippen MR) is 71.9 cm³/mol. The number of carbonyl (C=O) groups is 1. The van der Waals surface area contributed by atoms with Gasteiger partial charge in [0.2, 0.25) is 0 Å². The van der Waals surface area contributed by atoms with Gasteiger partial charge in [-0.25, -0.2) is 4.79 Å². The lowest BCUT2D eigenvalue weighted by Gasteiger charge is -2.44. The van der Waals surface area contributed by atoms with Gasteiger partial charge < -0.3 is 10.2 Å². The van der Waals surface area contributed by atoms with E-state index in [4.69, 9.17) is 0 Å². The summed E-state index contributed by atoms with van der Waals surface area (Å²) in [6, 6.07) is 0.167. The lowest BCUT2D eigenvalue weighted by Crippen LogP contribution is -2.56. The minimum absolute atomic E-state index is 0.0238. The van der Waals surface area contributed by atoms with Gasteiger partial charge in [-0.05, 0) is 17.8 Å². The van der Waals surface area contributed by atoms with E-state index in [-0.39, 0.29) is 17.5 Å². The lowest BCUT2D eigenvalue weighted by molar-refractivity contribution is 0.120. The van der Waals surface area contributed by atoms with Crippen LogP contribution in [0.25, 0.3) is 0 Å². The second-order valence-corrected chi connectivity index (χ2v) is 6.28. The third kappa shape index (κ3) is 3.24. The van der Waals surface area contributed by atoms with Crippen LogP contribution in [0.4, 0.5) is 4.79 Å². The third-order valence-electron chi connectivity index (χ3n) is 3.34. The fourth-order valence-corrected chi connectivity index (χ4v) is 2.43. The number of nitrogens with zero attached hydrogens (tertiary/aromatic N) is 1. The van der Waals surface area contributed by atoms with Crippen LogP contribution in [0, 0.1) is 11.3 Å². The van der Waals surface area contributed by atoms with Gasteiger partial charge in [-0.3, -0.25) is 0 Å². The first-order chi connectivity index (χ1) is 7.75. The number of hydrogen-bond donors (Lipinski definition) is 1. The van der Waals surface area contributed by atoms with Crippen LogP contribution < -0.4 is 5.32 Å². The normalized spacial score (nSPS) is 19.2. The van der Waals surface area contributed by atoms with Crippen LogP contribution in [0.15, 0.2) is 12.2 Å². The molecular formula is C14H26N2O. The molecule has 2 amide bonds. The minimum Gasteiger partial charge on any atom is -0.338 e. The van der Waals surface area contributed by atoms with Crippen molar-refractivity contribution >= 4 is 6.03 Å². The van der Waals surface area contributed by atoms with Gasteiger partial charge in [0.05, 0.1) is 6.04 Å². The zero-order valence-electron chi connectivity index (χ0n) is 11.8. The highest BCUT2D eigenvalue weighted by molar-refractivity contribution is 5.75. The quantitative estimate of drug-likeness (QED) is 0.753. The Kier molecular flexibility index (Phi) is 4.23. The van der Waals surface area contributed by atoms with Crippen LogP contribution in [0.2, 0.25) is 0 Å². The number of hydrogen-bond acceptors (Lipinski definition) is 1. The van der Waals surface area contributed by atoms with Crippen molar-refractivity contribution in [1.29, 1.82) is 0 Å². The summed E-state index contributed by atoms with van der Waals surface area (Å²) in [5, 5.41) is 2.92.